The lowest BCUT2D eigenvalue weighted by Gasteiger charge is -2.02. The summed E-state index contributed by atoms with van der Waals surface area (Å²) in [6, 6.07) is 8.33. The highest BCUT2D eigenvalue weighted by Crippen LogP contribution is 2.28. The van der Waals surface area contributed by atoms with Crippen LogP contribution in [0.2, 0.25) is 0 Å². The lowest BCUT2D eigenvalue weighted by molar-refractivity contribution is 1.07. The first-order valence-corrected chi connectivity index (χ1v) is 6.32. The van der Waals surface area contributed by atoms with Crippen LogP contribution >= 0.6 is 11.3 Å². The first-order valence-electron chi connectivity index (χ1n) is 5.50. The molecule has 0 fully saturated rings. The van der Waals surface area contributed by atoms with Crippen LogP contribution in [-0.4, -0.2) is 4.98 Å². The molecule has 84 valence electrons. The molecule has 0 aliphatic heterocycles. The summed E-state index contributed by atoms with van der Waals surface area (Å²) in [7, 11) is 0. The molecule has 0 spiro atoms. The zero-order valence-corrected chi connectivity index (χ0v) is 10.5. The standard InChI is InChI=1S/C13H16N2S/c1-3-12-13(15-9(2)16-12)11-6-4-5-10(7-11)8-14/h4-7H,3,8,14H2,1-2H3. The summed E-state index contributed by atoms with van der Waals surface area (Å²) in [5.41, 5.74) is 9.12. The van der Waals surface area contributed by atoms with Crippen LogP contribution in [0.25, 0.3) is 11.3 Å². The minimum atomic E-state index is 0.582. The molecule has 0 saturated carbocycles. The number of rotatable bonds is 3. The Balaban J connectivity index is 2.48. The molecule has 2 rings (SSSR count). The zero-order valence-electron chi connectivity index (χ0n) is 9.66. The molecular weight excluding hydrogens is 216 g/mol. The molecule has 0 unspecified atom stereocenters. The Morgan fingerprint density at radius 2 is 2.19 bits per heavy atom. The van der Waals surface area contributed by atoms with Gasteiger partial charge in [0.2, 0.25) is 0 Å². The minimum Gasteiger partial charge on any atom is -0.326 e. The van der Waals surface area contributed by atoms with E-state index >= 15 is 0 Å². The zero-order chi connectivity index (χ0) is 11.5. The van der Waals surface area contributed by atoms with E-state index in [2.05, 4.69) is 31.0 Å². The lowest BCUT2D eigenvalue weighted by Crippen LogP contribution is -1.96. The van der Waals surface area contributed by atoms with Crippen LogP contribution in [-0.2, 0) is 13.0 Å². The molecule has 0 atom stereocenters. The maximum absolute atomic E-state index is 5.65. The second kappa shape index (κ2) is 4.76. The summed E-state index contributed by atoms with van der Waals surface area (Å²) in [6.07, 6.45) is 1.04. The lowest BCUT2D eigenvalue weighted by atomic mass is 10.1. The molecule has 0 aliphatic carbocycles. The fourth-order valence-corrected chi connectivity index (χ4v) is 2.68. The molecule has 1 aromatic heterocycles. The van der Waals surface area contributed by atoms with Crippen LogP contribution in [0, 0.1) is 6.92 Å². The van der Waals surface area contributed by atoms with Gasteiger partial charge in [-0.3, -0.25) is 0 Å². The van der Waals surface area contributed by atoms with Gasteiger partial charge < -0.3 is 5.73 Å². The summed E-state index contributed by atoms with van der Waals surface area (Å²) in [5.74, 6) is 0. The molecule has 1 heterocycles. The smallest absolute Gasteiger partial charge is 0.0904 e. The van der Waals surface area contributed by atoms with Crippen molar-refractivity contribution in [1.82, 2.24) is 4.98 Å². The Bertz CT molecular complexity index is 488. The van der Waals surface area contributed by atoms with Gasteiger partial charge in [0, 0.05) is 17.0 Å². The third-order valence-corrected chi connectivity index (χ3v) is 3.68. The monoisotopic (exact) mass is 232 g/mol. The van der Waals surface area contributed by atoms with Gasteiger partial charge in [0.25, 0.3) is 0 Å². The molecule has 16 heavy (non-hydrogen) atoms. The normalized spacial score (nSPS) is 10.7. The number of aromatic nitrogens is 1. The fourth-order valence-electron chi connectivity index (χ4n) is 1.78. The van der Waals surface area contributed by atoms with E-state index in [1.165, 1.54) is 10.4 Å². The molecule has 0 radical (unpaired) electrons. The molecule has 2 N–H and O–H groups in total. The molecule has 3 heteroatoms. The van der Waals surface area contributed by atoms with Gasteiger partial charge in [-0.15, -0.1) is 11.3 Å². The summed E-state index contributed by atoms with van der Waals surface area (Å²) >= 11 is 1.78. The SMILES string of the molecule is CCc1sc(C)nc1-c1cccc(CN)c1. The van der Waals surface area contributed by atoms with Gasteiger partial charge in [0.1, 0.15) is 0 Å². The van der Waals surface area contributed by atoms with Gasteiger partial charge in [0.15, 0.2) is 0 Å². The number of aryl methyl sites for hydroxylation is 2. The topological polar surface area (TPSA) is 38.9 Å². The first kappa shape index (κ1) is 11.3. The third kappa shape index (κ3) is 2.15. The predicted molar refractivity (Wildman–Crippen MR) is 69.6 cm³/mol. The molecule has 1 aromatic carbocycles. The maximum atomic E-state index is 5.65. The average Bonchev–Trinajstić information content (AvgIpc) is 2.70. The molecule has 0 bridgehead atoms. The van der Waals surface area contributed by atoms with Crippen LogP contribution in [0.1, 0.15) is 22.4 Å². The Kier molecular flexibility index (Phi) is 3.36. The maximum Gasteiger partial charge on any atom is 0.0904 e. The van der Waals surface area contributed by atoms with Crippen LogP contribution in [0.4, 0.5) is 0 Å². The van der Waals surface area contributed by atoms with E-state index in [1.807, 2.05) is 12.1 Å². The van der Waals surface area contributed by atoms with E-state index < -0.39 is 0 Å². The fraction of sp³-hybridized carbons (Fsp3) is 0.308. The second-order valence-electron chi connectivity index (χ2n) is 3.76. The Morgan fingerprint density at radius 1 is 1.38 bits per heavy atom. The first-order chi connectivity index (χ1) is 7.74. The molecule has 0 aliphatic rings. The second-order valence-corrected chi connectivity index (χ2v) is 5.05. The van der Waals surface area contributed by atoms with E-state index in [4.69, 9.17) is 5.73 Å². The van der Waals surface area contributed by atoms with E-state index in [1.54, 1.807) is 11.3 Å². The van der Waals surface area contributed by atoms with Crippen molar-refractivity contribution >= 4 is 11.3 Å². The average molecular weight is 232 g/mol. The molecule has 0 amide bonds. The van der Waals surface area contributed by atoms with Crippen molar-refractivity contribution in [1.29, 1.82) is 0 Å². The number of hydrogen-bond donors (Lipinski definition) is 1. The number of nitrogens with two attached hydrogens (primary N) is 1. The van der Waals surface area contributed by atoms with Crippen molar-refractivity contribution in [2.45, 2.75) is 26.8 Å². The van der Waals surface area contributed by atoms with E-state index in [0.717, 1.165) is 22.7 Å². The van der Waals surface area contributed by atoms with Crippen molar-refractivity contribution in [2.75, 3.05) is 0 Å². The molecule has 0 saturated heterocycles. The summed E-state index contributed by atoms with van der Waals surface area (Å²) in [4.78, 5) is 5.96. The quantitative estimate of drug-likeness (QED) is 0.883. The molecular formula is C13H16N2S. The van der Waals surface area contributed by atoms with Gasteiger partial charge in [-0.1, -0.05) is 25.1 Å². The highest BCUT2D eigenvalue weighted by atomic mass is 32.1. The van der Waals surface area contributed by atoms with Gasteiger partial charge in [0.05, 0.1) is 10.7 Å². The molecule has 2 aromatic rings. The number of hydrogen-bond acceptors (Lipinski definition) is 3. The molecule has 2 nitrogen and oxygen atoms in total. The van der Waals surface area contributed by atoms with Crippen LogP contribution in [0.3, 0.4) is 0 Å². The van der Waals surface area contributed by atoms with Crippen molar-refractivity contribution in [3.8, 4) is 11.3 Å². The van der Waals surface area contributed by atoms with Crippen molar-refractivity contribution in [3.63, 3.8) is 0 Å². The van der Waals surface area contributed by atoms with Gasteiger partial charge in [-0.2, -0.15) is 0 Å². The Labute approximate surface area is 100 Å². The van der Waals surface area contributed by atoms with E-state index in [-0.39, 0.29) is 0 Å². The van der Waals surface area contributed by atoms with Gasteiger partial charge in [-0.25, -0.2) is 4.98 Å². The summed E-state index contributed by atoms with van der Waals surface area (Å²) in [5, 5.41) is 1.13. The van der Waals surface area contributed by atoms with Gasteiger partial charge in [-0.05, 0) is 25.0 Å². The highest BCUT2D eigenvalue weighted by Gasteiger charge is 2.09. The number of benzene rings is 1. The van der Waals surface area contributed by atoms with Gasteiger partial charge >= 0.3 is 0 Å². The van der Waals surface area contributed by atoms with Crippen molar-refractivity contribution in [3.05, 3.63) is 39.7 Å². The van der Waals surface area contributed by atoms with Crippen LogP contribution in [0.15, 0.2) is 24.3 Å². The Morgan fingerprint density at radius 3 is 2.88 bits per heavy atom. The van der Waals surface area contributed by atoms with E-state index in [9.17, 15) is 0 Å². The highest BCUT2D eigenvalue weighted by molar-refractivity contribution is 7.12. The van der Waals surface area contributed by atoms with Crippen LogP contribution in [0.5, 0.6) is 0 Å². The summed E-state index contributed by atoms with van der Waals surface area (Å²) in [6.45, 7) is 4.81. The van der Waals surface area contributed by atoms with Crippen molar-refractivity contribution in [2.24, 2.45) is 5.73 Å². The number of thiazole rings is 1. The van der Waals surface area contributed by atoms with Crippen molar-refractivity contribution < 1.29 is 0 Å². The number of nitrogens with zero attached hydrogens (tertiary/aromatic N) is 1. The predicted octanol–water partition coefficient (Wildman–Crippen LogP) is 3.14. The van der Waals surface area contributed by atoms with E-state index in [0.29, 0.717) is 6.54 Å². The minimum absolute atomic E-state index is 0.582. The third-order valence-electron chi connectivity index (χ3n) is 2.56. The Hall–Kier alpha value is -1.19. The summed E-state index contributed by atoms with van der Waals surface area (Å²) < 4.78 is 0. The van der Waals surface area contributed by atoms with Crippen LogP contribution < -0.4 is 5.73 Å². The largest absolute Gasteiger partial charge is 0.326 e.